The van der Waals surface area contributed by atoms with Crippen LogP contribution in [0.2, 0.25) is 0 Å². The average Bonchev–Trinajstić information content (AvgIpc) is 3.88. The fourth-order valence-electron chi connectivity index (χ4n) is 6.22. The highest BCUT2D eigenvalue weighted by atomic mass is 16.5. The van der Waals surface area contributed by atoms with Crippen molar-refractivity contribution in [3.63, 3.8) is 0 Å². The third kappa shape index (κ3) is 6.60. The normalized spacial score (nSPS) is 18.5. The maximum Gasteiger partial charge on any atom is 0.260 e. The fraction of sp³-hybridized carbons (Fsp3) is 0.424. The van der Waals surface area contributed by atoms with Crippen molar-refractivity contribution in [2.45, 2.75) is 38.5 Å². The van der Waals surface area contributed by atoms with E-state index in [-0.39, 0.29) is 23.1 Å². The number of anilines is 1. The van der Waals surface area contributed by atoms with Crippen LogP contribution in [0.25, 0.3) is 11.0 Å². The lowest BCUT2D eigenvalue weighted by Crippen LogP contribution is -2.29. The Hall–Kier alpha value is -4.75. The largest absolute Gasteiger partial charge is 0.475 e. The zero-order chi connectivity index (χ0) is 31.3. The molecular formula is C33H41N11O2. The van der Waals surface area contributed by atoms with Crippen molar-refractivity contribution in [1.29, 1.82) is 5.41 Å². The second-order valence-electron chi connectivity index (χ2n) is 11.9. The van der Waals surface area contributed by atoms with Gasteiger partial charge in [-0.15, -0.1) is 10.2 Å². The van der Waals surface area contributed by atoms with Gasteiger partial charge in [-0.2, -0.15) is 0 Å². The number of dihydropyridines is 1. The van der Waals surface area contributed by atoms with Crippen molar-refractivity contribution in [3.05, 3.63) is 60.6 Å². The van der Waals surface area contributed by atoms with Gasteiger partial charge in [0.25, 0.3) is 11.8 Å². The van der Waals surface area contributed by atoms with E-state index in [4.69, 9.17) is 30.6 Å². The minimum Gasteiger partial charge on any atom is -0.475 e. The van der Waals surface area contributed by atoms with E-state index in [2.05, 4.69) is 25.3 Å². The van der Waals surface area contributed by atoms with E-state index >= 15 is 0 Å². The van der Waals surface area contributed by atoms with Gasteiger partial charge >= 0.3 is 0 Å². The number of ether oxygens (including phenoxy) is 2. The molecule has 2 saturated heterocycles. The average molecular weight is 624 g/mol. The molecule has 4 aromatic rings. The summed E-state index contributed by atoms with van der Waals surface area (Å²) in [7, 11) is 0. The number of aromatic nitrogens is 4. The summed E-state index contributed by atoms with van der Waals surface area (Å²) in [6.07, 6.45) is 12.2. The molecule has 240 valence electrons. The van der Waals surface area contributed by atoms with E-state index in [1.54, 1.807) is 15.1 Å². The zero-order valence-electron chi connectivity index (χ0n) is 26.1. The molecule has 7 heterocycles. The number of nitrogens with two attached hydrogens (primary N) is 1. The molecule has 3 aliphatic heterocycles. The van der Waals surface area contributed by atoms with Crippen LogP contribution in [-0.4, -0.2) is 98.9 Å². The molecule has 0 bridgehead atoms. The maximum absolute atomic E-state index is 8.69. The number of rotatable bonds is 12. The van der Waals surface area contributed by atoms with Crippen molar-refractivity contribution in [2.75, 3.05) is 57.8 Å². The monoisotopic (exact) mass is 623 g/mol. The number of fused-ring (bicyclic) bond motifs is 2. The molecule has 0 radical (unpaired) electrons. The summed E-state index contributed by atoms with van der Waals surface area (Å²) in [6, 6.07) is 11.6. The molecule has 0 unspecified atom stereocenters. The standard InChI is InChI=1S/C33H41N11O2/c34-24-23-25(35)31(37-29-27-12-2-4-20-44(27)40-33(29)46-22-10-18-42-15-7-8-16-42)38-30(24)36-28-26-11-1-3-19-43(26)39-32(28)45-21-9-17-41-13-5-6-14-41/h1-4,11-12,19-20,23,34H,5-10,13-18,21-22,35H2,(H,36,37,38). The summed E-state index contributed by atoms with van der Waals surface area (Å²) in [6.45, 7) is 7.70. The third-order valence-electron chi connectivity index (χ3n) is 8.60. The molecule has 0 aromatic carbocycles. The van der Waals surface area contributed by atoms with E-state index in [1.807, 2.05) is 48.8 Å². The van der Waals surface area contributed by atoms with Gasteiger partial charge in [0.2, 0.25) is 0 Å². The minimum atomic E-state index is 0.130. The number of aliphatic imine (C=N–C) groups is 2. The van der Waals surface area contributed by atoms with Gasteiger partial charge in [0.15, 0.2) is 17.4 Å². The zero-order valence-corrected chi connectivity index (χ0v) is 26.1. The number of nitrogens with zero attached hydrogens (tertiary/aromatic N) is 8. The lowest BCUT2D eigenvalue weighted by atomic mass is 10.2. The molecule has 13 heteroatoms. The lowest BCUT2D eigenvalue weighted by Gasteiger charge is -2.16. The topological polar surface area (TPSA) is 146 Å². The Labute approximate surface area is 267 Å². The first kappa shape index (κ1) is 29.9. The molecule has 0 saturated carbocycles. The van der Waals surface area contributed by atoms with E-state index < -0.39 is 0 Å². The van der Waals surface area contributed by atoms with Crippen molar-refractivity contribution < 1.29 is 9.47 Å². The van der Waals surface area contributed by atoms with Gasteiger partial charge in [-0.3, -0.25) is 5.41 Å². The quantitative estimate of drug-likeness (QED) is 0.200. The molecular weight excluding hydrogens is 582 g/mol. The van der Waals surface area contributed by atoms with Crippen LogP contribution in [0.4, 0.5) is 11.4 Å². The van der Waals surface area contributed by atoms with Crippen LogP contribution < -0.4 is 20.5 Å². The third-order valence-corrected chi connectivity index (χ3v) is 8.60. The predicted octanol–water partition coefficient (Wildman–Crippen LogP) is 4.13. The molecule has 4 N–H and O–H groups in total. The highest BCUT2D eigenvalue weighted by Gasteiger charge is 2.23. The van der Waals surface area contributed by atoms with Crippen molar-refractivity contribution in [2.24, 2.45) is 15.7 Å². The van der Waals surface area contributed by atoms with Gasteiger partial charge in [-0.25, -0.2) is 19.0 Å². The summed E-state index contributed by atoms with van der Waals surface area (Å²) >= 11 is 0. The molecule has 0 atom stereocenters. The van der Waals surface area contributed by atoms with Crippen LogP contribution in [0.3, 0.4) is 0 Å². The Morgan fingerprint density at radius 3 is 2.07 bits per heavy atom. The first-order valence-corrected chi connectivity index (χ1v) is 16.3. The number of hydrogen-bond acceptors (Lipinski definition) is 10. The minimum absolute atomic E-state index is 0.130. The Morgan fingerprint density at radius 1 is 0.804 bits per heavy atom. The highest BCUT2D eigenvalue weighted by molar-refractivity contribution is 6.52. The van der Waals surface area contributed by atoms with Gasteiger partial charge in [-0.1, -0.05) is 12.1 Å². The van der Waals surface area contributed by atoms with Crippen LogP contribution in [0.15, 0.2) is 70.5 Å². The molecule has 0 amide bonds. The van der Waals surface area contributed by atoms with E-state index in [9.17, 15) is 0 Å². The maximum atomic E-state index is 8.69. The summed E-state index contributed by atoms with van der Waals surface area (Å²) < 4.78 is 15.9. The first-order chi connectivity index (χ1) is 22.6. The highest BCUT2D eigenvalue weighted by Crippen LogP contribution is 2.33. The number of nitrogens with one attached hydrogen (secondary N) is 2. The molecule has 13 nitrogen and oxygen atoms in total. The second kappa shape index (κ2) is 13.7. The predicted molar refractivity (Wildman–Crippen MR) is 180 cm³/mol. The number of amidine groups is 2. The Morgan fingerprint density at radius 2 is 1.39 bits per heavy atom. The van der Waals surface area contributed by atoms with Crippen LogP contribution in [0.5, 0.6) is 11.8 Å². The van der Waals surface area contributed by atoms with Crippen molar-refractivity contribution >= 4 is 39.8 Å². The molecule has 0 spiro atoms. The van der Waals surface area contributed by atoms with Gasteiger partial charge < -0.3 is 30.3 Å². The molecule has 46 heavy (non-hydrogen) atoms. The van der Waals surface area contributed by atoms with Gasteiger partial charge in [0.05, 0.1) is 35.7 Å². The lowest BCUT2D eigenvalue weighted by molar-refractivity contribution is 0.257. The van der Waals surface area contributed by atoms with Crippen molar-refractivity contribution in [1.82, 2.24) is 29.0 Å². The number of pyridine rings is 2. The van der Waals surface area contributed by atoms with Crippen LogP contribution in [0.1, 0.15) is 38.5 Å². The summed E-state index contributed by atoms with van der Waals surface area (Å²) in [5.41, 5.74) is 9.57. The second-order valence-corrected chi connectivity index (χ2v) is 11.9. The summed E-state index contributed by atoms with van der Waals surface area (Å²) in [4.78, 5) is 14.5. The Bertz CT molecular complexity index is 1790. The number of hydrogen-bond donors (Lipinski definition) is 3. The van der Waals surface area contributed by atoms with Crippen LogP contribution >= 0.6 is 0 Å². The molecule has 4 aromatic heterocycles. The Kier molecular flexibility index (Phi) is 8.92. The SMILES string of the molecule is N=C1C=C(N)C(=Nc2c(OCCCN3CCCC3)nn3ccccc23)N=C1Nc1c(OCCCN2CCCC2)nn2ccccc12. The first-order valence-electron chi connectivity index (χ1n) is 16.3. The fourth-order valence-corrected chi connectivity index (χ4v) is 6.22. The smallest absolute Gasteiger partial charge is 0.260 e. The van der Waals surface area contributed by atoms with Crippen LogP contribution in [0, 0.1) is 5.41 Å². The van der Waals surface area contributed by atoms with Gasteiger partial charge in [0.1, 0.15) is 5.69 Å². The van der Waals surface area contributed by atoms with Gasteiger partial charge in [-0.05, 0) is 95.0 Å². The van der Waals surface area contributed by atoms with E-state index in [0.29, 0.717) is 36.3 Å². The molecule has 0 aliphatic carbocycles. The summed E-state index contributed by atoms with van der Waals surface area (Å²) in [5.74, 6) is 1.43. The molecule has 7 rings (SSSR count). The molecule has 2 fully saturated rings. The molecule has 3 aliphatic rings. The number of likely N-dealkylation sites (tertiary alicyclic amines) is 2. The summed E-state index contributed by atoms with van der Waals surface area (Å²) in [5, 5.41) is 21.3. The van der Waals surface area contributed by atoms with E-state index in [1.165, 1.54) is 25.7 Å². The van der Waals surface area contributed by atoms with E-state index in [0.717, 1.165) is 63.1 Å². The van der Waals surface area contributed by atoms with Gasteiger partial charge in [0, 0.05) is 25.5 Å². The Balaban J connectivity index is 1.13. The van der Waals surface area contributed by atoms with Crippen molar-refractivity contribution in [3.8, 4) is 11.8 Å². The van der Waals surface area contributed by atoms with Crippen LogP contribution in [-0.2, 0) is 0 Å².